The van der Waals surface area contributed by atoms with E-state index in [9.17, 15) is 9.59 Å². The second-order valence-electron chi connectivity index (χ2n) is 7.81. The van der Waals surface area contributed by atoms with Gasteiger partial charge in [-0.1, -0.05) is 30.3 Å². The minimum Gasteiger partial charge on any atom is -0.351 e. The van der Waals surface area contributed by atoms with Crippen molar-refractivity contribution in [3.63, 3.8) is 0 Å². The predicted molar refractivity (Wildman–Crippen MR) is 118 cm³/mol. The molecule has 0 aliphatic carbocycles. The van der Waals surface area contributed by atoms with E-state index < -0.39 is 0 Å². The molecule has 2 atom stereocenters. The maximum absolute atomic E-state index is 12.8. The summed E-state index contributed by atoms with van der Waals surface area (Å²) in [7, 11) is 3.94. The Bertz CT molecular complexity index is 957. The molecule has 2 aromatic rings. The zero-order valence-electron chi connectivity index (χ0n) is 17.3. The van der Waals surface area contributed by atoms with Crippen LogP contribution in [0.4, 0.5) is 5.69 Å². The molecule has 2 aliphatic rings. The number of nitrogens with one attached hydrogen (secondary N) is 3. The molecule has 7 heteroatoms. The molecule has 2 aliphatic heterocycles. The third-order valence-corrected chi connectivity index (χ3v) is 5.44. The largest absolute Gasteiger partial charge is 0.351 e. The zero-order chi connectivity index (χ0) is 21.1. The fourth-order valence-corrected chi connectivity index (χ4v) is 3.92. The van der Waals surface area contributed by atoms with Crippen molar-refractivity contribution >= 4 is 23.1 Å². The van der Waals surface area contributed by atoms with Crippen LogP contribution in [0, 0.1) is 5.92 Å². The smallest absolute Gasteiger partial charge is 0.251 e. The second kappa shape index (κ2) is 8.69. The quantitative estimate of drug-likeness (QED) is 0.678. The van der Waals surface area contributed by atoms with Crippen LogP contribution in [0.5, 0.6) is 0 Å². The van der Waals surface area contributed by atoms with Crippen LogP contribution in [0.15, 0.2) is 60.8 Å². The Hall–Kier alpha value is -3.16. The number of anilines is 1. The van der Waals surface area contributed by atoms with Crippen molar-refractivity contribution in [2.24, 2.45) is 5.92 Å². The first-order valence-corrected chi connectivity index (χ1v) is 10.1. The van der Waals surface area contributed by atoms with Crippen LogP contribution in [0.25, 0.3) is 5.57 Å². The molecule has 30 heavy (non-hydrogen) atoms. The van der Waals surface area contributed by atoms with E-state index in [1.807, 2.05) is 73.7 Å². The van der Waals surface area contributed by atoms with Crippen LogP contribution in [-0.4, -0.2) is 56.7 Å². The van der Waals surface area contributed by atoms with Crippen LogP contribution in [-0.2, 0) is 4.79 Å². The van der Waals surface area contributed by atoms with Gasteiger partial charge in [-0.25, -0.2) is 0 Å². The lowest BCUT2D eigenvalue weighted by Crippen LogP contribution is -2.58. The van der Waals surface area contributed by atoms with Crippen molar-refractivity contribution in [1.82, 2.24) is 20.9 Å². The van der Waals surface area contributed by atoms with Crippen molar-refractivity contribution in [2.45, 2.75) is 6.17 Å². The van der Waals surface area contributed by atoms with Crippen molar-refractivity contribution in [3.05, 3.63) is 71.9 Å². The number of para-hydroxylation sites is 1. The van der Waals surface area contributed by atoms with Gasteiger partial charge in [-0.15, -0.1) is 0 Å². The molecule has 7 nitrogen and oxygen atoms in total. The molecule has 0 aromatic heterocycles. The lowest BCUT2D eigenvalue weighted by molar-refractivity contribution is -0.125. The molecule has 2 heterocycles. The molecule has 2 aromatic carbocycles. The normalized spacial score (nSPS) is 20.6. The highest BCUT2D eigenvalue weighted by Crippen LogP contribution is 2.38. The number of fused-ring (bicyclic) bond motifs is 1. The maximum Gasteiger partial charge on any atom is 0.251 e. The number of carbonyl (C=O) groups is 2. The summed E-state index contributed by atoms with van der Waals surface area (Å²) in [5.74, 6) is -0.477. The van der Waals surface area contributed by atoms with Gasteiger partial charge >= 0.3 is 0 Å². The summed E-state index contributed by atoms with van der Waals surface area (Å²) in [5.41, 5.74) is 3.38. The van der Waals surface area contributed by atoms with E-state index in [1.54, 1.807) is 6.07 Å². The van der Waals surface area contributed by atoms with Crippen LogP contribution < -0.4 is 20.9 Å². The van der Waals surface area contributed by atoms with Gasteiger partial charge in [0.25, 0.3) is 5.91 Å². The number of nitrogens with zero attached hydrogens (tertiary/aromatic N) is 2. The molecule has 0 saturated carbocycles. The van der Waals surface area contributed by atoms with Crippen LogP contribution in [0.3, 0.4) is 0 Å². The summed E-state index contributed by atoms with van der Waals surface area (Å²) in [6.07, 6.45) is 1.86. The van der Waals surface area contributed by atoms with Gasteiger partial charge in [-0.05, 0) is 49.5 Å². The molecular weight excluding hydrogens is 378 g/mol. The monoisotopic (exact) mass is 405 g/mol. The standard InChI is InChI=1S/C23H27N5O2/c1-27(2)12-11-24-22(29)17-8-6-7-16(13-17)19-14-28(18-9-4-3-5-10-18)21-20(19)23(30)26-15-25-21/h3-10,13-14,20-21,25H,11-12,15H2,1-2H3,(H,24,29)(H,26,30). The summed E-state index contributed by atoms with van der Waals surface area (Å²) >= 11 is 0. The van der Waals surface area contributed by atoms with E-state index in [4.69, 9.17) is 0 Å². The number of amides is 2. The highest BCUT2D eigenvalue weighted by atomic mass is 16.2. The summed E-state index contributed by atoms with van der Waals surface area (Å²) in [6.45, 7) is 1.79. The van der Waals surface area contributed by atoms with E-state index in [2.05, 4.69) is 20.9 Å². The number of hydrogen-bond acceptors (Lipinski definition) is 5. The maximum atomic E-state index is 12.8. The molecule has 0 radical (unpaired) electrons. The molecular formula is C23H27N5O2. The molecule has 4 rings (SSSR count). The van der Waals surface area contributed by atoms with Gasteiger partial charge in [0.2, 0.25) is 5.91 Å². The minimum atomic E-state index is -0.356. The molecule has 2 amide bonds. The zero-order valence-corrected chi connectivity index (χ0v) is 17.3. The average Bonchev–Trinajstić information content (AvgIpc) is 3.15. The number of hydrogen-bond donors (Lipinski definition) is 3. The number of carbonyl (C=O) groups excluding carboxylic acids is 2. The van der Waals surface area contributed by atoms with E-state index in [0.29, 0.717) is 18.8 Å². The van der Waals surface area contributed by atoms with Crippen molar-refractivity contribution in [1.29, 1.82) is 0 Å². The summed E-state index contributed by atoms with van der Waals surface area (Å²) in [4.78, 5) is 29.5. The van der Waals surface area contributed by atoms with Crippen LogP contribution in [0.2, 0.25) is 0 Å². The first-order valence-electron chi connectivity index (χ1n) is 10.1. The molecule has 0 bridgehead atoms. The Labute approximate surface area is 176 Å². The molecule has 156 valence electrons. The van der Waals surface area contributed by atoms with Crippen LogP contribution >= 0.6 is 0 Å². The van der Waals surface area contributed by atoms with Gasteiger partial charge < -0.3 is 20.4 Å². The predicted octanol–water partition coefficient (Wildman–Crippen LogP) is 1.46. The van der Waals surface area contributed by atoms with E-state index in [1.165, 1.54) is 0 Å². The van der Waals surface area contributed by atoms with E-state index in [0.717, 1.165) is 23.4 Å². The van der Waals surface area contributed by atoms with Gasteiger partial charge in [0.05, 0.1) is 12.6 Å². The topological polar surface area (TPSA) is 76.7 Å². The molecule has 2 unspecified atom stereocenters. The Kier molecular flexibility index (Phi) is 5.83. The SMILES string of the molecule is CN(C)CCNC(=O)c1cccc(C2=CN(c3ccccc3)C3NCNC(=O)C23)c1. The van der Waals surface area contributed by atoms with Gasteiger partial charge in [-0.2, -0.15) is 0 Å². The molecule has 0 spiro atoms. The van der Waals surface area contributed by atoms with Gasteiger partial charge in [0.1, 0.15) is 6.17 Å². The lowest BCUT2D eigenvalue weighted by atomic mass is 9.90. The lowest BCUT2D eigenvalue weighted by Gasteiger charge is -2.34. The summed E-state index contributed by atoms with van der Waals surface area (Å²) in [5, 5.41) is 9.24. The molecule has 1 fully saturated rings. The van der Waals surface area contributed by atoms with Gasteiger partial charge in [0, 0.05) is 30.5 Å². The van der Waals surface area contributed by atoms with E-state index in [-0.39, 0.29) is 23.9 Å². The number of benzene rings is 2. The van der Waals surface area contributed by atoms with Gasteiger partial charge in [0.15, 0.2) is 0 Å². The van der Waals surface area contributed by atoms with Crippen LogP contribution in [0.1, 0.15) is 15.9 Å². The number of rotatable bonds is 6. The first-order chi connectivity index (χ1) is 14.5. The van der Waals surface area contributed by atoms with E-state index >= 15 is 0 Å². The highest BCUT2D eigenvalue weighted by molar-refractivity contribution is 5.99. The Morgan fingerprint density at radius 3 is 2.73 bits per heavy atom. The highest BCUT2D eigenvalue weighted by Gasteiger charge is 2.43. The molecule has 3 N–H and O–H groups in total. The minimum absolute atomic E-state index is 0.00994. The second-order valence-corrected chi connectivity index (χ2v) is 7.81. The summed E-state index contributed by atoms with van der Waals surface area (Å²) in [6, 6.07) is 17.5. The number of likely N-dealkylation sites (N-methyl/N-ethyl adjacent to an activating group) is 1. The third-order valence-electron chi connectivity index (χ3n) is 5.44. The van der Waals surface area contributed by atoms with Crippen molar-refractivity contribution in [3.8, 4) is 0 Å². The van der Waals surface area contributed by atoms with Gasteiger partial charge in [-0.3, -0.25) is 14.9 Å². The Morgan fingerprint density at radius 2 is 1.97 bits per heavy atom. The van der Waals surface area contributed by atoms with Crippen molar-refractivity contribution < 1.29 is 9.59 Å². The summed E-state index contributed by atoms with van der Waals surface area (Å²) < 4.78 is 0. The fourth-order valence-electron chi connectivity index (χ4n) is 3.92. The fraction of sp³-hybridized carbons (Fsp3) is 0.304. The average molecular weight is 406 g/mol. The Morgan fingerprint density at radius 1 is 1.17 bits per heavy atom. The third kappa shape index (κ3) is 4.08. The Balaban J connectivity index is 1.63. The molecule has 1 saturated heterocycles. The first kappa shape index (κ1) is 20.1. The van der Waals surface area contributed by atoms with Crippen molar-refractivity contribution in [2.75, 3.05) is 38.8 Å².